The number of rotatable bonds is 7. The largest absolute Gasteiger partial charge is 0.508 e. The van der Waals surface area contributed by atoms with Crippen LogP contribution in [0.25, 0.3) is 0 Å². The first-order chi connectivity index (χ1) is 11.3. The van der Waals surface area contributed by atoms with Crippen molar-refractivity contribution in [3.05, 3.63) is 35.9 Å². The van der Waals surface area contributed by atoms with E-state index in [1.807, 2.05) is 30.3 Å². The molecule has 0 fully saturated rings. The number of benzene rings is 1. The number of aliphatic hydroxyl groups is 1. The van der Waals surface area contributed by atoms with Gasteiger partial charge in [0.1, 0.15) is 18.8 Å². The molecule has 1 amide bonds. The molecular formula is C17H25NO6. The number of carbonyl (C=O) groups is 2. The summed E-state index contributed by atoms with van der Waals surface area (Å²) in [6.45, 7) is 5.31. The van der Waals surface area contributed by atoms with E-state index in [0.717, 1.165) is 5.56 Å². The topological polar surface area (TPSA) is 85.3 Å². The van der Waals surface area contributed by atoms with E-state index >= 15 is 0 Å². The molecular weight excluding hydrogens is 314 g/mol. The fraction of sp³-hybridized carbons (Fsp3) is 0.529. The van der Waals surface area contributed by atoms with Crippen molar-refractivity contribution < 1.29 is 28.9 Å². The molecule has 0 atom stereocenters. The van der Waals surface area contributed by atoms with E-state index in [2.05, 4.69) is 0 Å². The molecule has 1 aromatic carbocycles. The van der Waals surface area contributed by atoms with Gasteiger partial charge in [0.15, 0.2) is 0 Å². The first-order valence-corrected chi connectivity index (χ1v) is 7.74. The second kappa shape index (κ2) is 9.77. The average Bonchev–Trinajstić information content (AvgIpc) is 2.51. The Labute approximate surface area is 142 Å². The fourth-order valence-corrected chi connectivity index (χ4v) is 1.74. The van der Waals surface area contributed by atoms with Crippen molar-refractivity contribution in [3.8, 4) is 0 Å². The summed E-state index contributed by atoms with van der Waals surface area (Å²) in [4.78, 5) is 24.8. The lowest BCUT2D eigenvalue weighted by Crippen LogP contribution is -2.40. The van der Waals surface area contributed by atoms with Crippen LogP contribution in [0, 0.1) is 0 Å². The van der Waals surface area contributed by atoms with Crippen LogP contribution in [0.1, 0.15) is 26.3 Å². The molecule has 134 valence electrons. The Kier molecular flexibility index (Phi) is 8.05. The molecule has 0 radical (unpaired) electrons. The van der Waals surface area contributed by atoms with Gasteiger partial charge in [0.05, 0.1) is 13.2 Å². The van der Waals surface area contributed by atoms with Gasteiger partial charge in [-0.2, -0.15) is 0 Å². The van der Waals surface area contributed by atoms with Crippen LogP contribution in [0.2, 0.25) is 0 Å². The van der Waals surface area contributed by atoms with Crippen molar-refractivity contribution >= 4 is 12.2 Å². The second-order valence-corrected chi connectivity index (χ2v) is 6.06. The first-order valence-electron chi connectivity index (χ1n) is 7.74. The number of hydrogen-bond donors (Lipinski definition) is 1. The van der Waals surface area contributed by atoms with Crippen LogP contribution >= 0.6 is 0 Å². The van der Waals surface area contributed by atoms with E-state index in [4.69, 9.17) is 19.3 Å². The molecule has 0 bridgehead atoms. The Balaban J connectivity index is 2.33. The third kappa shape index (κ3) is 8.38. The molecule has 1 N–H and O–H groups in total. The minimum atomic E-state index is -0.813. The highest BCUT2D eigenvalue weighted by Crippen LogP contribution is 2.10. The zero-order valence-electron chi connectivity index (χ0n) is 14.4. The van der Waals surface area contributed by atoms with Crippen molar-refractivity contribution in [2.24, 2.45) is 0 Å². The molecule has 1 aromatic rings. The maximum Gasteiger partial charge on any atom is 0.508 e. The minimum Gasteiger partial charge on any atom is -0.444 e. The molecule has 0 saturated heterocycles. The molecule has 0 unspecified atom stereocenters. The molecule has 7 heteroatoms. The Hall–Kier alpha value is -2.28. The third-order valence-electron chi connectivity index (χ3n) is 2.80. The molecule has 0 spiro atoms. The summed E-state index contributed by atoms with van der Waals surface area (Å²) in [6, 6.07) is 9.22. The normalized spacial score (nSPS) is 10.8. The highest BCUT2D eigenvalue weighted by Gasteiger charge is 2.22. The molecule has 7 nitrogen and oxygen atoms in total. The van der Waals surface area contributed by atoms with Gasteiger partial charge in [0.2, 0.25) is 0 Å². The van der Waals surface area contributed by atoms with E-state index in [-0.39, 0.29) is 32.9 Å². The monoisotopic (exact) mass is 339 g/mol. The third-order valence-corrected chi connectivity index (χ3v) is 2.80. The lowest BCUT2D eigenvalue weighted by Gasteiger charge is -2.26. The van der Waals surface area contributed by atoms with Gasteiger partial charge < -0.3 is 24.2 Å². The lowest BCUT2D eigenvalue weighted by atomic mass is 10.2. The summed E-state index contributed by atoms with van der Waals surface area (Å²) in [5, 5.41) is 9.02. The van der Waals surface area contributed by atoms with E-state index < -0.39 is 17.8 Å². The summed E-state index contributed by atoms with van der Waals surface area (Å²) in [5.74, 6) is 0. The fourth-order valence-electron chi connectivity index (χ4n) is 1.74. The van der Waals surface area contributed by atoms with E-state index in [1.54, 1.807) is 20.8 Å². The Morgan fingerprint density at radius 2 is 1.75 bits per heavy atom. The van der Waals surface area contributed by atoms with Gasteiger partial charge in [0, 0.05) is 6.54 Å². The molecule has 0 aromatic heterocycles. The van der Waals surface area contributed by atoms with Gasteiger partial charge in [-0.25, -0.2) is 9.59 Å². The van der Waals surface area contributed by atoms with Crippen molar-refractivity contribution in [3.63, 3.8) is 0 Å². The van der Waals surface area contributed by atoms with Crippen molar-refractivity contribution in [2.75, 3.05) is 26.3 Å². The Bertz CT molecular complexity index is 512. The molecule has 1 rings (SSSR count). The molecule has 0 saturated carbocycles. The number of amides is 1. The van der Waals surface area contributed by atoms with Gasteiger partial charge in [0.25, 0.3) is 0 Å². The zero-order valence-corrected chi connectivity index (χ0v) is 14.4. The van der Waals surface area contributed by atoms with Crippen LogP contribution < -0.4 is 0 Å². The number of ether oxygens (including phenoxy) is 3. The molecule has 0 aliphatic carbocycles. The van der Waals surface area contributed by atoms with Crippen LogP contribution in [0.15, 0.2) is 30.3 Å². The molecule has 24 heavy (non-hydrogen) atoms. The van der Waals surface area contributed by atoms with Gasteiger partial charge >= 0.3 is 12.2 Å². The number of nitrogens with zero attached hydrogens (tertiary/aromatic N) is 1. The standard InChI is InChI=1S/C17H25NO6/c1-17(2,3)24-15(20)18(9-11-19)10-12-22-16(21)23-13-14-7-5-4-6-8-14/h4-8,19H,9-13H2,1-3H3. The predicted octanol–water partition coefficient (Wildman–Crippen LogP) is 2.57. The van der Waals surface area contributed by atoms with E-state index in [9.17, 15) is 9.59 Å². The van der Waals surface area contributed by atoms with Gasteiger partial charge in [-0.15, -0.1) is 0 Å². The number of carbonyl (C=O) groups excluding carboxylic acids is 2. The van der Waals surface area contributed by atoms with Crippen LogP contribution in [-0.4, -0.2) is 54.2 Å². The number of aliphatic hydroxyl groups excluding tert-OH is 1. The molecule has 0 aliphatic rings. The highest BCUT2D eigenvalue weighted by atomic mass is 16.7. The summed E-state index contributed by atoms with van der Waals surface area (Å²) in [5.41, 5.74) is 0.213. The maximum absolute atomic E-state index is 12.0. The van der Waals surface area contributed by atoms with Crippen molar-refractivity contribution in [1.82, 2.24) is 4.90 Å². The van der Waals surface area contributed by atoms with E-state index in [1.165, 1.54) is 4.90 Å². The number of hydrogen-bond acceptors (Lipinski definition) is 6. The quantitative estimate of drug-likeness (QED) is 0.769. The predicted molar refractivity (Wildman–Crippen MR) is 87.5 cm³/mol. The average molecular weight is 339 g/mol. The SMILES string of the molecule is CC(C)(C)OC(=O)N(CCO)CCOC(=O)OCc1ccccc1. The summed E-state index contributed by atoms with van der Waals surface area (Å²) in [6.07, 6.45) is -1.38. The minimum absolute atomic E-state index is 0.0487. The Morgan fingerprint density at radius 1 is 1.08 bits per heavy atom. The highest BCUT2D eigenvalue weighted by molar-refractivity contribution is 5.68. The van der Waals surface area contributed by atoms with E-state index in [0.29, 0.717) is 0 Å². The molecule has 0 heterocycles. The second-order valence-electron chi connectivity index (χ2n) is 6.06. The Morgan fingerprint density at radius 3 is 2.33 bits per heavy atom. The summed E-state index contributed by atoms with van der Waals surface area (Å²) >= 11 is 0. The van der Waals surface area contributed by atoms with Crippen molar-refractivity contribution in [2.45, 2.75) is 33.0 Å². The lowest BCUT2D eigenvalue weighted by molar-refractivity contribution is 0.0109. The van der Waals surface area contributed by atoms with Crippen molar-refractivity contribution in [1.29, 1.82) is 0 Å². The van der Waals surface area contributed by atoms with Gasteiger partial charge in [-0.3, -0.25) is 0 Å². The van der Waals surface area contributed by atoms with Crippen LogP contribution in [0.3, 0.4) is 0 Å². The zero-order chi connectivity index (χ0) is 18.0. The maximum atomic E-state index is 12.0. The first kappa shape index (κ1) is 19.8. The van der Waals surface area contributed by atoms with Gasteiger partial charge in [-0.05, 0) is 26.3 Å². The molecule has 0 aliphatic heterocycles. The summed E-state index contributed by atoms with van der Waals surface area (Å²) in [7, 11) is 0. The summed E-state index contributed by atoms with van der Waals surface area (Å²) < 4.78 is 15.1. The smallest absolute Gasteiger partial charge is 0.444 e. The van der Waals surface area contributed by atoms with Crippen LogP contribution in [0.4, 0.5) is 9.59 Å². The van der Waals surface area contributed by atoms with Crippen LogP contribution in [0.5, 0.6) is 0 Å². The van der Waals surface area contributed by atoms with Gasteiger partial charge in [-0.1, -0.05) is 30.3 Å². The van der Waals surface area contributed by atoms with Crippen LogP contribution in [-0.2, 0) is 20.8 Å².